The molecule has 51 heavy (non-hydrogen) atoms. The predicted molar refractivity (Wildman–Crippen MR) is 175 cm³/mol. The van der Waals surface area contributed by atoms with Crippen LogP contribution >= 0.6 is 23.2 Å². The average Bonchev–Trinajstić information content (AvgIpc) is 3.45. The van der Waals surface area contributed by atoms with Crippen LogP contribution in [0.2, 0.25) is 10.0 Å². The first-order chi connectivity index (χ1) is 24.0. The lowest BCUT2D eigenvalue weighted by Gasteiger charge is -2.49. The van der Waals surface area contributed by atoms with Crippen molar-refractivity contribution >= 4 is 58.3 Å². The second kappa shape index (κ2) is 11.9. The van der Waals surface area contributed by atoms with E-state index >= 15 is 0 Å². The zero-order valence-corrected chi connectivity index (χ0v) is 28.6. The van der Waals surface area contributed by atoms with Crippen LogP contribution in [0.15, 0.2) is 60.2 Å². The van der Waals surface area contributed by atoms with Gasteiger partial charge in [-0.2, -0.15) is 18.2 Å². The fourth-order valence-corrected chi connectivity index (χ4v) is 8.76. The fraction of sp³-hybridized carbons (Fsp3) is 0.343. The quantitative estimate of drug-likeness (QED) is 0.178. The SMILES string of the molecule is COc1cc(O)ccc1C1C2=CCC3C(=O)N(N(C)c4nc(C(F)(F)F)ccc4Cl)C(=O)C3C2CC2C(=O)N(c3ccc(F)c(Cl)c3)C(=O)C21C. The number of allylic oxidation sites excluding steroid dienone is 2. The highest BCUT2D eigenvalue weighted by molar-refractivity contribution is 6.33. The number of nitrogens with zero attached hydrogens (tertiary/aromatic N) is 4. The summed E-state index contributed by atoms with van der Waals surface area (Å²) < 4.78 is 60.5. The number of ether oxygens (including phenoxy) is 1. The average molecular weight is 748 g/mol. The molecule has 4 aliphatic rings. The first-order valence-electron chi connectivity index (χ1n) is 15.8. The van der Waals surface area contributed by atoms with E-state index in [1.54, 1.807) is 19.1 Å². The van der Waals surface area contributed by atoms with Crippen molar-refractivity contribution in [3.05, 3.63) is 87.3 Å². The van der Waals surface area contributed by atoms with E-state index in [-0.39, 0.29) is 40.1 Å². The molecule has 1 saturated carbocycles. The van der Waals surface area contributed by atoms with E-state index in [4.69, 9.17) is 27.9 Å². The molecular formula is C35H28Cl2F4N4O6. The van der Waals surface area contributed by atoms with Crippen molar-refractivity contribution in [2.45, 2.75) is 31.9 Å². The lowest BCUT2D eigenvalue weighted by atomic mass is 9.51. The standard InChI is InChI=1S/C35H28Cl2F4N4O6/c1-34-21(31(48)44(33(34)50)15-4-10-24(38)23(37)12-15)14-20-17(28(34)18-6-5-16(46)13-25(18)51-3)7-8-19-27(20)32(49)45(30(19)47)43(2)29-22(36)9-11-26(42-29)35(39,40)41/h4-7,9-13,19-21,27-28,46H,8,14H2,1-3H3. The summed E-state index contributed by atoms with van der Waals surface area (Å²) in [5.74, 6) is -8.60. The molecule has 0 spiro atoms. The third-order valence-corrected chi connectivity index (χ3v) is 11.2. The number of hydrogen-bond acceptors (Lipinski definition) is 8. The molecule has 3 heterocycles. The molecule has 6 unspecified atom stereocenters. The first-order valence-corrected chi connectivity index (χ1v) is 16.5. The third-order valence-electron chi connectivity index (χ3n) is 10.7. The maximum atomic E-state index is 14.6. The van der Waals surface area contributed by atoms with E-state index in [2.05, 4.69) is 4.98 Å². The Balaban J connectivity index is 1.34. The van der Waals surface area contributed by atoms with Crippen molar-refractivity contribution in [1.29, 1.82) is 0 Å². The number of benzene rings is 2. The van der Waals surface area contributed by atoms with Crippen molar-refractivity contribution in [3.8, 4) is 11.5 Å². The molecule has 2 aliphatic carbocycles. The Morgan fingerprint density at radius 1 is 0.980 bits per heavy atom. The van der Waals surface area contributed by atoms with E-state index in [0.717, 1.165) is 27.1 Å². The Hall–Kier alpha value is -4.69. The van der Waals surface area contributed by atoms with Crippen LogP contribution < -0.4 is 14.6 Å². The highest BCUT2D eigenvalue weighted by Gasteiger charge is 2.68. The number of hydrogen-bond donors (Lipinski definition) is 1. The van der Waals surface area contributed by atoms with Crippen molar-refractivity contribution in [3.63, 3.8) is 0 Å². The summed E-state index contributed by atoms with van der Waals surface area (Å²) in [6, 6.07) is 9.45. The van der Waals surface area contributed by atoms with Crippen LogP contribution in [0.1, 0.15) is 36.9 Å². The second-order valence-electron chi connectivity index (χ2n) is 13.2. The number of hydrazine groups is 1. The maximum Gasteiger partial charge on any atom is 0.433 e. The molecule has 10 nitrogen and oxygen atoms in total. The van der Waals surface area contributed by atoms with E-state index in [9.17, 15) is 41.8 Å². The number of phenols is 1. The molecule has 1 N–H and O–H groups in total. The summed E-state index contributed by atoms with van der Waals surface area (Å²) in [5, 5.41) is 11.4. The number of aromatic hydroxyl groups is 1. The van der Waals surface area contributed by atoms with Gasteiger partial charge in [-0.1, -0.05) is 40.9 Å². The molecule has 1 aromatic heterocycles. The third kappa shape index (κ3) is 5.08. The number of carbonyl (C=O) groups is 4. The number of anilines is 2. The number of amides is 4. The molecule has 16 heteroatoms. The van der Waals surface area contributed by atoms with E-state index in [1.807, 2.05) is 0 Å². The minimum absolute atomic E-state index is 0.0340. The second-order valence-corrected chi connectivity index (χ2v) is 14.0. The molecule has 4 amide bonds. The molecule has 3 fully saturated rings. The number of fused-ring (bicyclic) bond motifs is 4. The first kappa shape index (κ1) is 34.7. The van der Waals surface area contributed by atoms with E-state index < -0.39 is 82.1 Å². The molecule has 6 atom stereocenters. The summed E-state index contributed by atoms with van der Waals surface area (Å²) in [6.07, 6.45) is -3.07. The Morgan fingerprint density at radius 3 is 2.37 bits per heavy atom. The smallest absolute Gasteiger partial charge is 0.433 e. The molecular weight excluding hydrogens is 719 g/mol. The van der Waals surface area contributed by atoms with Gasteiger partial charge < -0.3 is 9.84 Å². The van der Waals surface area contributed by atoms with Crippen LogP contribution in [-0.2, 0) is 25.4 Å². The minimum atomic E-state index is -4.83. The highest BCUT2D eigenvalue weighted by atomic mass is 35.5. The van der Waals surface area contributed by atoms with Crippen molar-refractivity contribution in [2.75, 3.05) is 24.1 Å². The maximum absolute atomic E-state index is 14.6. The normalized spacial score (nSPS) is 27.3. The van der Waals surface area contributed by atoms with Gasteiger partial charge in [-0.05, 0) is 62.1 Å². The summed E-state index contributed by atoms with van der Waals surface area (Å²) in [5.41, 5.74) is -1.70. The van der Waals surface area contributed by atoms with Gasteiger partial charge in [0.1, 0.15) is 23.0 Å². The monoisotopic (exact) mass is 746 g/mol. The molecule has 2 aliphatic heterocycles. The van der Waals surface area contributed by atoms with E-state index in [1.165, 1.54) is 38.4 Å². The minimum Gasteiger partial charge on any atom is -0.508 e. The van der Waals surface area contributed by atoms with Gasteiger partial charge in [0.2, 0.25) is 11.8 Å². The number of aromatic nitrogens is 1. The van der Waals surface area contributed by atoms with Crippen LogP contribution in [0.4, 0.5) is 29.1 Å². The number of imide groups is 2. The number of rotatable bonds is 5. The van der Waals surface area contributed by atoms with Gasteiger partial charge in [-0.25, -0.2) is 14.3 Å². The van der Waals surface area contributed by atoms with Crippen LogP contribution in [0, 0.1) is 34.9 Å². The zero-order chi connectivity index (χ0) is 36.9. The lowest BCUT2D eigenvalue weighted by Crippen LogP contribution is -2.49. The molecule has 0 radical (unpaired) electrons. The van der Waals surface area contributed by atoms with Gasteiger partial charge >= 0.3 is 6.18 Å². The number of phenolic OH excluding ortho intramolecular Hbond substituents is 1. The van der Waals surface area contributed by atoms with Crippen LogP contribution in [0.5, 0.6) is 11.5 Å². The summed E-state index contributed by atoms with van der Waals surface area (Å²) in [6.45, 7) is 1.63. The number of alkyl halides is 3. The topological polar surface area (TPSA) is 120 Å². The number of methoxy groups -OCH3 is 1. The molecule has 2 aromatic carbocycles. The Morgan fingerprint density at radius 2 is 1.71 bits per heavy atom. The van der Waals surface area contributed by atoms with Gasteiger partial charge in [0.05, 0.1) is 46.0 Å². The van der Waals surface area contributed by atoms with Gasteiger partial charge in [-0.3, -0.25) is 24.2 Å². The zero-order valence-electron chi connectivity index (χ0n) is 27.0. The summed E-state index contributed by atoms with van der Waals surface area (Å²) >= 11 is 12.3. The van der Waals surface area contributed by atoms with Crippen molar-refractivity contribution in [1.82, 2.24) is 9.99 Å². The van der Waals surface area contributed by atoms with Crippen molar-refractivity contribution < 1.29 is 46.6 Å². The lowest BCUT2D eigenvalue weighted by molar-refractivity contribution is -0.141. The molecule has 266 valence electrons. The fourth-order valence-electron chi connectivity index (χ4n) is 8.36. The predicted octanol–water partition coefficient (Wildman–Crippen LogP) is 6.54. The summed E-state index contributed by atoms with van der Waals surface area (Å²) in [4.78, 5) is 61.8. The Bertz CT molecular complexity index is 2080. The van der Waals surface area contributed by atoms with Crippen LogP contribution in [-0.4, -0.2) is 52.9 Å². The number of carbonyl (C=O) groups excluding carboxylic acids is 4. The molecule has 3 aromatic rings. The van der Waals surface area contributed by atoms with Crippen molar-refractivity contribution in [2.24, 2.45) is 29.1 Å². The van der Waals surface area contributed by atoms with Gasteiger partial charge in [-0.15, -0.1) is 0 Å². The van der Waals surface area contributed by atoms with E-state index in [0.29, 0.717) is 17.2 Å². The highest BCUT2D eigenvalue weighted by Crippen LogP contribution is 2.64. The van der Waals surface area contributed by atoms with Crippen LogP contribution in [0.3, 0.4) is 0 Å². The largest absolute Gasteiger partial charge is 0.508 e. The molecule has 2 saturated heterocycles. The van der Waals surface area contributed by atoms with Gasteiger partial charge in [0.15, 0.2) is 5.82 Å². The summed E-state index contributed by atoms with van der Waals surface area (Å²) in [7, 11) is 2.58. The molecule has 7 rings (SSSR count). The Labute approximate surface area is 298 Å². The Kier molecular flexibility index (Phi) is 8.14. The van der Waals surface area contributed by atoms with Gasteiger partial charge in [0.25, 0.3) is 11.8 Å². The number of halogens is 6. The van der Waals surface area contributed by atoms with Gasteiger partial charge in [0, 0.05) is 24.6 Å². The van der Waals surface area contributed by atoms with Crippen LogP contribution in [0.25, 0.3) is 0 Å². The molecule has 0 bridgehead atoms. The number of pyridine rings is 1.